The second kappa shape index (κ2) is 7.91. The van der Waals surface area contributed by atoms with Crippen molar-refractivity contribution >= 4 is 22.7 Å². The van der Waals surface area contributed by atoms with E-state index >= 15 is 0 Å². The number of aromatic hydroxyl groups is 1. The molecule has 1 aliphatic carbocycles. The summed E-state index contributed by atoms with van der Waals surface area (Å²) in [6, 6.07) is 20.7. The number of phenolic OH excluding ortho intramolecular Hbond substituents is 1. The van der Waals surface area contributed by atoms with Crippen molar-refractivity contribution in [3.63, 3.8) is 0 Å². The van der Waals surface area contributed by atoms with Gasteiger partial charge in [0.25, 0.3) is 0 Å². The third-order valence-electron chi connectivity index (χ3n) is 4.63. The zero-order valence-corrected chi connectivity index (χ0v) is 14.9. The summed E-state index contributed by atoms with van der Waals surface area (Å²) in [5, 5.41) is 27.2. The minimum absolute atomic E-state index is 0.188. The smallest absolute Gasteiger partial charge is 0.143 e. The molecule has 0 saturated carbocycles. The van der Waals surface area contributed by atoms with Gasteiger partial charge in [0, 0.05) is 0 Å². The molecule has 4 rings (SSSR count). The first kappa shape index (κ1) is 17.1. The lowest BCUT2D eigenvalue weighted by atomic mass is 9.90. The average molecular weight is 356 g/mol. The van der Waals surface area contributed by atoms with Gasteiger partial charge >= 0.3 is 0 Å². The van der Waals surface area contributed by atoms with Crippen molar-refractivity contribution < 1.29 is 5.11 Å². The third-order valence-corrected chi connectivity index (χ3v) is 4.63. The largest absolute Gasteiger partial charge is 0.506 e. The van der Waals surface area contributed by atoms with Crippen LogP contribution in [-0.2, 0) is 12.8 Å². The molecule has 1 N–H and O–H groups in total. The van der Waals surface area contributed by atoms with Crippen LogP contribution in [-0.4, -0.2) is 5.11 Å². The molecule has 0 saturated heterocycles. The van der Waals surface area contributed by atoms with Gasteiger partial charge in [-0.2, -0.15) is 15.3 Å². The third kappa shape index (κ3) is 4.08. The molecule has 0 aliphatic heterocycles. The van der Waals surface area contributed by atoms with E-state index in [0.29, 0.717) is 11.4 Å². The fraction of sp³-hybridized carbons (Fsp3) is 0.182. The summed E-state index contributed by atoms with van der Waals surface area (Å²) in [6.45, 7) is 0. The van der Waals surface area contributed by atoms with E-state index in [-0.39, 0.29) is 5.75 Å². The quantitative estimate of drug-likeness (QED) is 0.497. The summed E-state index contributed by atoms with van der Waals surface area (Å²) in [7, 11) is 0. The molecule has 27 heavy (non-hydrogen) atoms. The van der Waals surface area contributed by atoms with E-state index in [0.717, 1.165) is 36.2 Å². The summed E-state index contributed by atoms with van der Waals surface area (Å²) in [5.41, 5.74) is 5.26. The molecule has 1 aliphatic rings. The molecule has 0 bridgehead atoms. The molecule has 0 unspecified atom stereocenters. The van der Waals surface area contributed by atoms with Crippen LogP contribution in [0.15, 0.2) is 87.2 Å². The molecule has 5 heteroatoms. The zero-order valence-electron chi connectivity index (χ0n) is 14.9. The minimum atomic E-state index is 0.188. The van der Waals surface area contributed by atoms with Gasteiger partial charge in [-0.25, -0.2) is 0 Å². The fourth-order valence-corrected chi connectivity index (χ4v) is 3.21. The topological polar surface area (TPSA) is 69.7 Å². The maximum absolute atomic E-state index is 10.2. The van der Waals surface area contributed by atoms with Gasteiger partial charge in [-0.05, 0) is 79.3 Å². The van der Waals surface area contributed by atoms with E-state index in [4.69, 9.17) is 0 Å². The number of rotatable bonds is 4. The summed E-state index contributed by atoms with van der Waals surface area (Å²) >= 11 is 0. The first-order valence-corrected chi connectivity index (χ1v) is 9.12. The van der Waals surface area contributed by atoms with Crippen molar-refractivity contribution in [3.8, 4) is 5.75 Å². The van der Waals surface area contributed by atoms with Crippen molar-refractivity contribution in [1.29, 1.82) is 0 Å². The molecule has 5 nitrogen and oxygen atoms in total. The highest BCUT2D eigenvalue weighted by atomic mass is 16.3. The number of fused-ring (bicyclic) bond motifs is 1. The molecular weight excluding hydrogens is 336 g/mol. The van der Waals surface area contributed by atoms with E-state index < -0.39 is 0 Å². The number of phenols is 1. The SMILES string of the molecule is Oc1ccc2c(c1/N=N/c1ccc(/N=N/c3ccccc3)cc1)CCCC2. The van der Waals surface area contributed by atoms with E-state index in [9.17, 15) is 5.11 Å². The van der Waals surface area contributed by atoms with Crippen LogP contribution in [0.4, 0.5) is 22.7 Å². The predicted octanol–water partition coefficient (Wildman–Crippen LogP) is 7.10. The van der Waals surface area contributed by atoms with Crippen LogP contribution >= 0.6 is 0 Å². The predicted molar refractivity (Wildman–Crippen MR) is 106 cm³/mol. The first-order valence-electron chi connectivity index (χ1n) is 9.12. The summed E-state index contributed by atoms with van der Waals surface area (Å²) in [5.74, 6) is 0.188. The number of hydrogen-bond acceptors (Lipinski definition) is 5. The van der Waals surface area contributed by atoms with Gasteiger partial charge in [0.05, 0.1) is 17.1 Å². The zero-order chi connectivity index (χ0) is 18.5. The summed E-state index contributed by atoms with van der Waals surface area (Å²) in [6.07, 6.45) is 4.30. The molecule has 0 spiro atoms. The van der Waals surface area contributed by atoms with Gasteiger partial charge in [-0.1, -0.05) is 24.3 Å². The highest BCUT2D eigenvalue weighted by Crippen LogP contribution is 2.38. The van der Waals surface area contributed by atoms with Gasteiger partial charge in [0.15, 0.2) is 0 Å². The molecule has 134 valence electrons. The summed E-state index contributed by atoms with van der Waals surface area (Å²) < 4.78 is 0. The van der Waals surface area contributed by atoms with Crippen molar-refractivity contribution in [2.75, 3.05) is 0 Å². The molecule has 0 atom stereocenters. The molecule has 0 amide bonds. The van der Waals surface area contributed by atoms with Crippen LogP contribution in [0.1, 0.15) is 24.0 Å². The normalized spacial score (nSPS) is 13.9. The molecule has 0 fully saturated rings. The highest BCUT2D eigenvalue weighted by molar-refractivity contribution is 5.61. The van der Waals surface area contributed by atoms with Crippen LogP contribution < -0.4 is 0 Å². The Morgan fingerprint density at radius 1 is 0.593 bits per heavy atom. The Kier molecular flexibility index (Phi) is 5.01. The average Bonchev–Trinajstić information content (AvgIpc) is 2.73. The molecular formula is C22H20N4O. The maximum atomic E-state index is 10.2. The number of aryl methyl sites for hydroxylation is 1. The van der Waals surface area contributed by atoms with Crippen LogP contribution in [0.5, 0.6) is 5.75 Å². The first-order chi connectivity index (χ1) is 13.3. The fourth-order valence-electron chi connectivity index (χ4n) is 3.21. The van der Waals surface area contributed by atoms with Gasteiger partial charge in [-0.15, -0.1) is 5.11 Å². The lowest BCUT2D eigenvalue weighted by Gasteiger charge is -2.17. The Labute approximate surface area is 158 Å². The maximum Gasteiger partial charge on any atom is 0.143 e. The van der Waals surface area contributed by atoms with Crippen molar-refractivity contribution in [3.05, 3.63) is 77.9 Å². The second-order valence-electron chi connectivity index (χ2n) is 6.53. The lowest BCUT2D eigenvalue weighted by Crippen LogP contribution is -2.02. The monoisotopic (exact) mass is 356 g/mol. The van der Waals surface area contributed by atoms with Gasteiger partial charge in [-0.3, -0.25) is 0 Å². The van der Waals surface area contributed by atoms with Gasteiger partial charge in [0.1, 0.15) is 11.4 Å². The Bertz CT molecular complexity index is 979. The van der Waals surface area contributed by atoms with E-state index in [1.807, 2.05) is 60.7 Å². The minimum Gasteiger partial charge on any atom is -0.506 e. The number of hydrogen-bond donors (Lipinski definition) is 1. The van der Waals surface area contributed by atoms with Crippen LogP contribution in [0, 0.1) is 0 Å². The lowest BCUT2D eigenvalue weighted by molar-refractivity contribution is 0.474. The van der Waals surface area contributed by atoms with E-state index in [1.165, 1.54) is 12.0 Å². The van der Waals surface area contributed by atoms with Gasteiger partial charge in [0.2, 0.25) is 0 Å². The summed E-state index contributed by atoms with van der Waals surface area (Å²) in [4.78, 5) is 0. The number of nitrogens with zero attached hydrogens (tertiary/aromatic N) is 4. The molecule has 0 aromatic heterocycles. The Morgan fingerprint density at radius 2 is 1.19 bits per heavy atom. The second-order valence-corrected chi connectivity index (χ2v) is 6.53. The Hall–Kier alpha value is -3.34. The van der Waals surface area contributed by atoms with E-state index in [2.05, 4.69) is 20.5 Å². The highest BCUT2D eigenvalue weighted by Gasteiger charge is 2.16. The van der Waals surface area contributed by atoms with Crippen molar-refractivity contribution in [2.24, 2.45) is 20.5 Å². The van der Waals surface area contributed by atoms with Crippen LogP contribution in [0.25, 0.3) is 0 Å². The number of azo groups is 2. The van der Waals surface area contributed by atoms with Gasteiger partial charge < -0.3 is 5.11 Å². The molecule has 0 radical (unpaired) electrons. The van der Waals surface area contributed by atoms with Crippen molar-refractivity contribution in [1.82, 2.24) is 0 Å². The standard InChI is InChI=1S/C22H20N4O/c27-21-15-10-16-6-4-5-9-20(16)22(21)26-25-19-13-11-18(12-14-19)24-23-17-7-2-1-3-8-17/h1-3,7-8,10-15,27H,4-6,9H2/b24-23+,26-25+. The van der Waals surface area contributed by atoms with Crippen LogP contribution in [0.2, 0.25) is 0 Å². The molecule has 0 heterocycles. The Morgan fingerprint density at radius 3 is 1.89 bits per heavy atom. The van der Waals surface area contributed by atoms with Crippen molar-refractivity contribution in [2.45, 2.75) is 25.7 Å². The Balaban J connectivity index is 1.51. The molecule has 3 aromatic carbocycles. The molecule has 3 aromatic rings. The van der Waals surface area contributed by atoms with E-state index in [1.54, 1.807) is 6.07 Å². The van der Waals surface area contributed by atoms with Crippen LogP contribution in [0.3, 0.4) is 0 Å². The number of benzene rings is 3.